The Morgan fingerprint density at radius 1 is 1.19 bits per heavy atom. The number of carbonyl (C=O) groups is 1. The minimum Gasteiger partial charge on any atom is -0.351 e. The number of nitrogens with one attached hydrogen (secondary N) is 2. The number of benzene rings is 1. The summed E-state index contributed by atoms with van der Waals surface area (Å²) in [5.41, 5.74) is 0.879. The molecule has 0 bridgehead atoms. The number of hydrogen-bond donors (Lipinski definition) is 2. The fourth-order valence-corrected chi connectivity index (χ4v) is 3.61. The number of aromatic nitrogens is 2. The summed E-state index contributed by atoms with van der Waals surface area (Å²) < 4.78 is 37.6. The van der Waals surface area contributed by atoms with E-state index >= 15 is 0 Å². The fourth-order valence-electron chi connectivity index (χ4n) is 2.87. The molecule has 1 aromatic carbocycles. The Labute approximate surface area is 157 Å². The molecule has 2 N–H and O–H groups in total. The summed E-state index contributed by atoms with van der Waals surface area (Å²) in [7, 11) is 0. The predicted octanol–water partition coefficient (Wildman–Crippen LogP) is 3.19. The van der Waals surface area contributed by atoms with E-state index in [1.54, 1.807) is 0 Å². The molecule has 0 radical (unpaired) electrons. The lowest BCUT2D eigenvalue weighted by atomic mass is 9.97. The molecule has 0 atom stereocenters. The number of halogens is 3. The van der Waals surface area contributed by atoms with E-state index in [2.05, 4.69) is 15.3 Å². The van der Waals surface area contributed by atoms with Crippen LogP contribution in [0.3, 0.4) is 0 Å². The molecular formula is C18H18F3N3O2S. The van der Waals surface area contributed by atoms with Gasteiger partial charge < -0.3 is 10.3 Å². The number of aromatic amines is 1. The van der Waals surface area contributed by atoms with Crippen molar-refractivity contribution in [2.45, 2.75) is 37.0 Å². The van der Waals surface area contributed by atoms with Gasteiger partial charge in [-0.25, -0.2) is 4.98 Å². The summed E-state index contributed by atoms with van der Waals surface area (Å²) in [6.07, 6.45) is -0.843. The molecule has 1 heterocycles. The Balaban J connectivity index is 1.51. The van der Waals surface area contributed by atoms with Crippen molar-refractivity contribution in [3.8, 4) is 0 Å². The second-order valence-corrected chi connectivity index (χ2v) is 7.27. The monoisotopic (exact) mass is 397 g/mol. The van der Waals surface area contributed by atoms with E-state index in [1.165, 1.54) is 11.8 Å². The van der Waals surface area contributed by atoms with Gasteiger partial charge in [-0.05, 0) is 49.9 Å². The van der Waals surface area contributed by atoms with Crippen molar-refractivity contribution in [2.24, 2.45) is 0 Å². The Morgan fingerprint density at radius 3 is 2.59 bits per heavy atom. The lowest BCUT2D eigenvalue weighted by Crippen LogP contribution is -2.26. The first kappa shape index (κ1) is 19.5. The Morgan fingerprint density at radius 2 is 1.89 bits per heavy atom. The zero-order valence-electron chi connectivity index (χ0n) is 14.4. The summed E-state index contributed by atoms with van der Waals surface area (Å²) in [6.45, 7) is 0.297. The lowest BCUT2D eigenvalue weighted by molar-refractivity contribution is -0.137. The Kier molecular flexibility index (Phi) is 5.88. The van der Waals surface area contributed by atoms with Crippen molar-refractivity contribution in [3.05, 3.63) is 57.0 Å². The predicted molar refractivity (Wildman–Crippen MR) is 96.0 cm³/mol. The lowest BCUT2D eigenvalue weighted by Gasteiger charge is -2.14. The van der Waals surface area contributed by atoms with Crippen molar-refractivity contribution in [1.82, 2.24) is 15.3 Å². The van der Waals surface area contributed by atoms with E-state index in [4.69, 9.17) is 0 Å². The zero-order chi connectivity index (χ0) is 19.4. The maximum Gasteiger partial charge on any atom is 0.416 e. The zero-order valence-corrected chi connectivity index (χ0v) is 15.2. The molecule has 3 rings (SSSR count). The molecule has 1 aromatic heterocycles. The minimum atomic E-state index is -4.43. The molecule has 0 unspecified atom stereocenters. The van der Waals surface area contributed by atoms with Crippen LogP contribution in [0.4, 0.5) is 13.2 Å². The standard InChI is InChI=1S/C18H18F3N3O2S/c19-18(20,21)12-7-5-11(6-8-12)15(25)22-9-10-27-17-23-14-4-2-1-3-13(14)16(26)24-17/h5-8H,1-4,9-10H2,(H,22,25)(H,23,24,26). The summed E-state index contributed by atoms with van der Waals surface area (Å²) in [6, 6.07) is 4.05. The largest absolute Gasteiger partial charge is 0.416 e. The normalized spacial score (nSPS) is 13.9. The summed E-state index contributed by atoms with van der Waals surface area (Å²) in [5, 5.41) is 3.16. The number of nitrogens with zero attached hydrogens (tertiary/aromatic N) is 1. The molecule has 5 nitrogen and oxygen atoms in total. The van der Waals surface area contributed by atoms with Crippen LogP contribution in [0.1, 0.15) is 40.0 Å². The molecule has 1 amide bonds. The van der Waals surface area contributed by atoms with Crippen LogP contribution in [0.5, 0.6) is 0 Å². The van der Waals surface area contributed by atoms with Gasteiger partial charge in [0.25, 0.3) is 11.5 Å². The molecule has 27 heavy (non-hydrogen) atoms. The van der Waals surface area contributed by atoms with Crippen LogP contribution in [-0.4, -0.2) is 28.2 Å². The molecule has 0 saturated heterocycles. The number of fused-ring (bicyclic) bond motifs is 1. The van der Waals surface area contributed by atoms with Gasteiger partial charge in [-0.2, -0.15) is 13.2 Å². The van der Waals surface area contributed by atoms with Crippen LogP contribution in [0.2, 0.25) is 0 Å². The van der Waals surface area contributed by atoms with Crippen LogP contribution in [0.15, 0.2) is 34.2 Å². The number of thioether (sulfide) groups is 1. The maximum absolute atomic E-state index is 12.5. The number of hydrogen-bond acceptors (Lipinski definition) is 4. The van der Waals surface area contributed by atoms with Gasteiger partial charge in [0.05, 0.1) is 11.3 Å². The minimum absolute atomic E-state index is 0.101. The molecule has 0 aliphatic heterocycles. The number of amides is 1. The van der Waals surface area contributed by atoms with Gasteiger partial charge in [-0.1, -0.05) is 11.8 Å². The summed E-state index contributed by atoms with van der Waals surface area (Å²) in [5.74, 6) is 0.0323. The van der Waals surface area contributed by atoms with Gasteiger partial charge in [-0.15, -0.1) is 0 Å². The van der Waals surface area contributed by atoms with Crippen molar-refractivity contribution >= 4 is 17.7 Å². The Bertz CT molecular complexity index is 879. The molecule has 0 saturated carbocycles. The first-order valence-corrected chi connectivity index (χ1v) is 9.53. The topological polar surface area (TPSA) is 74.8 Å². The van der Waals surface area contributed by atoms with Crippen molar-refractivity contribution < 1.29 is 18.0 Å². The highest BCUT2D eigenvalue weighted by Crippen LogP contribution is 2.29. The smallest absolute Gasteiger partial charge is 0.351 e. The molecule has 0 fully saturated rings. The van der Waals surface area contributed by atoms with E-state index in [9.17, 15) is 22.8 Å². The highest BCUT2D eigenvalue weighted by Gasteiger charge is 2.30. The third-order valence-corrected chi connectivity index (χ3v) is 5.15. The third kappa shape index (κ3) is 4.91. The van der Waals surface area contributed by atoms with E-state index < -0.39 is 17.6 Å². The molecule has 0 spiro atoms. The van der Waals surface area contributed by atoms with E-state index in [0.717, 1.165) is 61.2 Å². The average molecular weight is 397 g/mol. The first-order chi connectivity index (χ1) is 12.8. The van der Waals surface area contributed by atoms with Gasteiger partial charge in [0, 0.05) is 23.4 Å². The average Bonchev–Trinajstić information content (AvgIpc) is 2.64. The summed E-state index contributed by atoms with van der Waals surface area (Å²) >= 11 is 1.32. The highest BCUT2D eigenvalue weighted by molar-refractivity contribution is 7.99. The van der Waals surface area contributed by atoms with Crippen LogP contribution >= 0.6 is 11.8 Å². The van der Waals surface area contributed by atoms with Gasteiger partial charge in [0.15, 0.2) is 5.16 Å². The van der Waals surface area contributed by atoms with Gasteiger partial charge in [0.1, 0.15) is 0 Å². The number of aryl methyl sites for hydroxylation is 1. The van der Waals surface area contributed by atoms with Crippen LogP contribution in [0, 0.1) is 0 Å². The SMILES string of the molecule is O=C(NCCSc1nc2c(c(=O)[nH]1)CCCC2)c1ccc(C(F)(F)F)cc1. The number of H-pyrrole nitrogens is 1. The summed E-state index contributed by atoms with van der Waals surface area (Å²) in [4.78, 5) is 31.3. The van der Waals surface area contributed by atoms with Crippen LogP contribution < -0.4 is 10.9 Å². The number of carbonyl (C=O) groups excluding carboxylic acids is 1. The molecule has 9 heteroatoms. The van der Waals surface area contributed by atoms with Gasteiger partial charge in [-0.3, -0.25) is 9.59 Å². The van der Waals surface area contributed by atoms with Gasteiger partial charge >= 0.3 is 6.18 Å². The van der Waals surface area contributed by atoms with Crippen molar-refractivity contribution in [3.63, 3.8) is 0 Å². The molecule has 2 aromatic rings. The second-order valence-electron chi connectivity index (χ2n) is 6.18. The molecule has 144 valence electrons. The van der Waals surface area contributed by atoms with Crippen molar-refractivity contribution in [1.29, 1.82) is 0 Å². The highest BCUT2D eigenvalue weighted by atomic mass is 32.2. The Hall–Kier alpha value is -2.29. The molecule has 1 aliphatic carbocycles. The number of rotatable bonds is 5. The van der Waals surface area contributed by atoms with Gasteiger partial charge in [0.2, 0.25) is 0 Å². The van der Waals surface area contributed by atoms with Crippen LogP contribution in [-0.2, 0) is 19.0 Å². The van der Waals surface area contributed by atoms with E-state index in [1.807, 2.05) is 0 Å². The quantitative estimate of drug-likeness (QED) is 0.462. The van der Waals surface area contributed by atoms with E-state index in [-0.39, 0.29) is 11.1 Å². The van der Waals surface area contributed by atoms with E-state index in [0.29, 0.717) is 17.5 Å². The molecular weight excluding hydrogens is 379 g/mol. The number of alkyl halides is 3. The van der Waals surface area contributed by atoms with Crippen molar-refractivity contribution in [2.75, 3.05) is 12.3 Å². The third-order valence-electron chi connectivity index (χ3n) is 4.27. The van der Waals surface area contributed by atoms with Crippen LogP contribution in [0.25, 0.3) is 0 Å². The molecule has 1 aliphatic rings. The first-order valence-electron chi connectivity index (χ1n) is 8.55. The fraction of sp³-hybridized carbons (Fsp3) is 0.389. The maximum atomic E-state index is 12.5. The second kappa shape index (κ2) is 8.16.